The fraction of sp³-hybridized carbons (Fsp3) is 0.774. The van der Waals surface area contributed by atoms with E-state index in [2.05, 4.69) is 63.1 Å². The van der Waals surface area contributed by atoms with Crippen LogP contribution in [0.3, 0.4) is 0 Å². The van der Waals surface area contributed by atoms with Gasteiger partial charge in [-0.1, -0.05) is 79.1 Å². The minimum absolute atomic E-state index is 0.0662. The molecule has 1 aromatic rings. The maximum absolute atomic E-state index is 14.5. The molecule has 22 N–H and O–H groups in total. The van der Waals surface area contributed by atoms with Gasteiger partial charge in [0.15, 0.2) is 0 Å². The minimum Gasteiger partial charge on any atom is -0.481 e. The van der Waals surface area contributed by atoms with Gasteiger partial charge < -0.3 is 96.4 Å². The number of hydrogen-bond acceptors (Lipinski definition) is 19. The Kier molecular flexibility index (Phi) is 46.3. The fourth-order valence-corrected chi connectivity index (χ4v) is 10.3. The van der Waals surface area contributed by atoms with Crippen LogP contribution in [0.1, 0.15) is 181 Å². The van der Waals surface area contributed by atoms with Gasteiger partial charge in [-0.3, -0.25) is 47.9 Å². The van der Waals surface area contributed by atoms with Crippen molar-refractivity contribution in [3.05, 3.63) is 18.2 Å². The summed E-state index contributed by atoms with van der Waals surface area (Å²) in [6, 6.07) is -11.2. The summed E-state index contributed by atoms with van der Waals surface area (Å²) in [6.07, 6.45) is 17.3. The number of imidazole rings is 1. The van der Waals surface area contributed by atoms with Crippen molar-refractivity contribution in [3.63, 3.8) is 0 Å². The van der Waals surface area contributed by atoms with Gasteiger partial charge in [0.05, 0.1) is 25.5 Å². The molecule has 0 saturated heterocycles. The third-order valence-corrected chi connectivity index (χ3v) is 16.8. The summed E-state index contributed by atoms with van der Waals surface area (Å²) < 4.78 is 0. The number of amides is 9. The quantitative estimate of drug-likeness (QED) is 0.0367. The molecule has 0 aliphatic rings. The van der Waals surface area contributed by atoms with Crippen molar-refractivity contribution in [2.45, 2.75) is 236 Å². The van der Waals surface area contributed by atoms with Crippen LogP contribution in [0, 0.1) is 11.8 Å². The number of nitrogens with two attached hydrogens (primary N) is 4. The number of nitrogens with zero attached hydrogens (tertiary/aromatic N) is 1. The summed E-state index contributed by atoms with van der Waals surface area (Å²) in [7, 11) is 0. The zero-order valence-corrected chi connectivity index (χ0v) is 56.4. The summed E-state index contributed by atoms with van der Waals surface area (Å²) in [5.74, 6) is -9.37. The van der Waals surface area contributed by atoms with E-state index < -0.39 is 144 Å². The van der Waals surface area contributed by atoms with E-state index in [0.29, 0.717) is 82.1 Å². The number of aliphatic hydroxyl groups is 1. The minimum atomic E-state index is -1.64. The molecule has 9 amide bonds. The number of hydrogen-bond donors (Lipinski definition) is 18. The molecule has 0 bridgehead atoms. The van der Waals surface area contributed by atoms with E-state index in [0.717, 1.165) is 58.0 Å². The highest BCUT2D eigenvalue weighted by Crippen LogP contribution is 2.15. The monoisotopic (exact) mass is 1340 g/mol. The molecule has 0 radical (unpaired) electrons. The highest BCUT2D eigenvalue weighted by molar-refractivity contribution is 7.98. The van der Waals surface area contributed by atoms with Crippen molar-refractivity contribution in [2.24, 2.45) is 34.8 Å². The van der Waals surface area contributed by atoms with Crippen molar-refractivity contribution in [3.8, 4) is 0 Å². The van der Waals surface area contributed by atoms with Crippen LogP contribution >= 0.6 is 11.8 Å². The lowest BCUT2D eigenvalue weighted by Gasteiger charge is -2.29. The van der Waals surface area contributed by atoms with Crippen LogP contribution in [0.4, 0.5) is 0 Å². The second kappa shape index (κ2) is 50.9. The molecule has 0 aliphatic carbocycles. The number of unbranched alkanes of at least 4 members (excludes halogenated alkanes) is 10. The number of H-pyrrole nitrogens is 1. The molecule has 0 fully saturated rings. The standard InChI is InChI=1S/C62H114N16O14S/c1-6-40(3)52(77-54(83)43(66)23-17-22-33-67-32-21-12-10-8-9-11-13-27-51(81)82)61(90)75-48(35-42-36-68-39-70-42)59(88)73-45(25-15-19-30-64)56(85)72-44(24-14-18-29-63)55(84)69-37-50(80)71-47(28-34-93-5)58(87)78-53(41(4)7-2)60(89)74-46(26-16-20-31-65)57(86)76-49(38-79)62(91)92/h36,39-41,43-49,52-53,67,79H,6-35,37-38,63-66H2,1-5H3,(H,68,70)(H,69,84)(H,71,80)(H,72,85)(H,73,88)(H,74,89)(H,75,90)(H,76,86)(H,77,83)(H,78,87)(H,81,82)(H,91,92)/t40-,41-,43-,44-,45-,46-,47-,48-,49-,52-,53-/m0/s1. The lowest BCUT2D eigenvalue weighted by Crippen LogP contribution is -2.60. The van der Waals surface area contributed by atoms with Crippen molar-refractivity contribution >= 4 is 76.9 Å². The van der Waals surface area contributed by atoms with Crippen LogP contribution < -0.4 is 76.1 Å². The number of aromatic amines is 1. The van der Waals surface area contributed by atoms with E-state index >= 15 is 0 Å². The number of thioether (sulfide) groups is 1. The zero-order chi connectivity index (χ0) is 69.5. The van der Waals surface area contributed by atoms with E-state index in [1.54, 1.807) is 27.0 Å². The van der Waals surface area contributed by atoms with Gasteiger partial charge in [-0.2, -0.15) is 11.8 Å². The topological polar surface area (TPSA) is 502 Å². The predicted molar refractivity (Wildman–Crippen MR) is 355 cm³/mol. The van der Waals surface area contributed by atoms with Crippen LogP contribution in [0.2, 0.25) is 0 Å². The first-order chi connectivity index (χ1) is 44.5. The van der Waals surface area contributed by atoms with Crippen molar-refractivity contribution < 1.29 is 68.1 Å². The average Bonchev–Trinajstić information content (AvgIpc) is 1.77. The summed E-state index contributed by atoms with van der Waals surface area (Å²) in [6.45, 7) is 8.01. The van der Waals surface area contributed by atoms with Gasteiger partial charge in [0.25, 0.3) is 0 Å². The normalized spacial score (nSPS) is 14.8. The van der Waals surface area contributed by atoms with Gasteiger partial charge >= 0.3 is 11.9 Å². The average molecular weight is 1340 g/mol. The van der Waals surface area contributed by atoms with Gasteiger partial charge in [-0.25, -0.2) is 9.78 Å². The van der Waals surface area contributed by atoms with Crippen LogP contribution in [0.25, 0.3) is 0 Å². The molecule has 532 valence electrons. The highest BCUT2D eigenvalue weighted by atomic mass is 32.2. The Labute approximate surface area is 553 Å². The van der Waals surface area contributed by atoms with Crippen molar-refractivity contribution in [2.75, 3.05) is 57.9 Å². The fourth-order valence-electron chi connectivity index (χ4n) is 9.87. The number of nitrogens with one attached hydrogen (secondary N) is 11. The molecule has 93 heavy (non-hydrogen) atoms. The Morgan fingerprint density at radius 2 is 0.946 bits per heavy atom. The van der Waals surface area contributed by atoms with Gasteiger partial charge in [-0.05, 0) is 146 Å². The number of carboxylic acid groups (broad SMARTS) is 2. The van der Waals surface area contributed by atoms with Crippen LogP contribution in [0.15, 0.2) is 12.5 Å². The van der Waals surface area contributed by atoms with Crippen molar-refractivity contribution in [1.29, 1.82) is 0 Å². The van der Waals surface area contributed by atoms with Crippen LogP contribution in [0.5, 0.6) is 0 Å². The van der Waals surface area contributed by atoms with Gasteiger partial charge in [0.1, 0.15) is 48.3 Å². The maximum Gasteiger partial charge on any atom is 0.328 e. The molecule has 0 saturated carbocycles. The first-order valence-corrected chi connectivity index (χ1v) is 34.7. The molecule has 1 heterocycles. The summed E-state index contributed by atoms with van der Waals surface area (Å²) in [4.78, 5) is 155. The van der Waals surface area contributed by atoms with E-state index in [9.17, 15) is 63.0 Å². The van der Waals surface area contributed by atoms with Gasteiger partial charge in [0, 0.05) is 24.7 Å². The molecule has 1 rings (SSSR count). The largest absolute Gasteiger partial charge is 0.481 e. The molecular weight excluding hydrogens is 1220 g/mol. The Balaban J connectivity index is 3.24. The van der Waals surface area contributed by atoms with E-state index in [-0.39, 0.29) is 58.2 Å². The summed E-state index contributed by atoms with van der Waals surface area (Å²) in [5, 5.41) is 55.0. The Morgan fingerprint density at radius 1 is 0.516 bits per heavy atom. The van der Waals surface area contributed by atoms with Crippen molar-refractivity contribution in [1.82, 2.24) is 63.1 Å². The van der Waals surface area contributed by atoms with E-state index in [1.165, 1.54) is 24.3 Å². The number of aliphatic hydroxyl groups excluding tert-OH is 1. The highest BCUT2D eigenvalue weighted by Gasteiger charge is 2.36. The Morgan fingerprint density at radius 3 is 1.42 bits per heavy atom. The van der Waals surface area contributed by atoms with Gasteiger partial charge in [0.2, 0.25) is 53.2 Å². The number of aromatic nitrogens is 2. The molecule has 0 aromatic carbocycles. The van der Waals surface area contributed by atoms with Gasteiger partial charge in [-0.15, -0.1) is 0 Å². The lowest BCUT2D eigenvalue weighted by molar-refractivity contribution is -0.143. The second-order valence-corrected chi connectivity index (χ2v) is 24.8. The number of carboxylic acids is 2. The molecular formula is C62H114N16O14S. The molecule has 30 nitrogen and oxygen atoms in total. The summed E-state index contributed by atoms with van der Waals surface area (Å²) in [5.41, 5.74) is 24.1. The molecule has 1 aromatic heterocycles. The van der Waals surface area contributed by atoms with Crippen LogP contribution in [-0.2, 0) is 59.2 Å². The molecule has 31 heteroatoms. The Hall–Kier alpha value is -6.51. The first kappa shape index (κ1) is 84.5. The third kappa shape index (κ3) is 36.7. The SMILES string of the molecule is CC[C@H](C)[C@H](NC(=O)[C@H](CCSC)NC(=O)CNC(=O)[C@H](CCCCN)NC(=O)[C@H](CCCCN)NC(=O)[C@H](Cc1cnc[nH]1)NC(=O)[C@@H](NC(=O)[C@@H](N)CCCCNCCCCCCCCCC(=O)O)[C@@H](C)CC)C(=O)N[C@@H](CCCCN)C(=O)N[C@@H](CO)C(=O)O. The smallest absolute Gasteiger partial charge is 0.328 e. The summed E-state index contributed by atoms with van der Waals surface area (Å²) >= 11 is 1.38. The number of carbonyl (C=O) groups is 11. The molecule has 11 atom stereocenters. The lowest BCUT2D eigenvalue weighted by atomic mass is 9.96. The predicted octanol–water partition coefficient (Wildman–Crippen LogP) is -0.451. The maximum atomic E-state index is 14.5. The third-order valence-electron chi connectivity index (χ3n) is 16.1. The van der Waals surface area contributed by atoms with E-state index in [1.807, 2.05) is 6.92 Å². The first-order valence-electron chi connectivity index (χ1n) is 33.3. The number of aliphatic carboxylic acids is 2. The Bertz CT molecular complexity index is 2360. The molecule has 0 spiro atoms. The van der Waals surface area contributed by atoms with Crippen LogP contribution in [-0.4, -0.2) is 203 Å². The van der Waals surface area contributed by atoms with E-state index in [4.69, 9.17) is 28.0 Å². The number of rotatable bonds is 56. The second-order valence-electron chi connectivity index (χ2n) is 23.8. The molecule has 0 unspecified atom stereocenters. The number of carbonyl (C=O) groups excluding carboxylic acids is 9. The zero-order valence-electron chi connectivity index (χ0n) is 55.6. The molecule has 0 aliphatic heterocycles.